The van der Waals surface area contributed by atoms with Crippen LogP contribution in [0.5, 0.6) is 0 Å². The van der Waals surface area contributed by atoms with Crippen LogP contribution in [0.15, 0.2) is 46.1 Å². The molecule has 1 aromatic carbocycles. The molecule has 1 heterocycles. The molecule has 0 aliphatic rings. The van der Waals surface area contributed by atoms with E-state index in [0.717, 1.165) is 49.2 Å². The Morgan fingerprint density at radius 3 is 2.81 bits per heavy atom. The molecular weight excluding hydrogens is 390 g/mol. The van der Waals surface area contributed by atoms with Crippen molar-refractivity contribution in [1.82, 2.24) is 20.4 Å². The Labute approximate surface area is 165 Å². The molecule has 2 aromatic rings. The molecule has 0 saturated carbocycles. The minimum Gasteiger partial charge on any atom is -0.356 e. The van der Waals surface area contributed by atoms with Crippen LogP contribution in [-0.4, -0.2) is 35.9 Å². The average Bonchev–Trinajstić information content (AvgIpc) is 3.05. The molecule has 2 N–H and O–H groups in total. The predicted octanol–water partition coefficient (Wildman–Crippen LogP) is 3.55. The zero-order valence-corrected chi connectivity index (χ0v) is 17.6. The Hall–Kier alpha value is -1.82. The van der Waals surface area contributed by atoms with Crippen LogP contribution in [0.25, 0.3) is 0 Å². The highest BCUT2D eigenvalue weighted by Gasteiger charge is 2.09. The standard InChI is InChI=1S/C20H30BrN5/c1-4-16(11-17-7-5-9-19(21)12-17)13-24-20(22-2)23-10-6-8-18-14-25-26(3)15-18/h5,7,9,12,14-16H,4,6,8,10-11,13H2,1-3H3,(H2,22,23,24). The van der Waals surface area contributed by atoms with E-state index in [1.165, 1.54) is 11.1 Å². The van der Waals surface area contributed by atoms with Gasteiger partial charge in [-0.2, -0.15) is 5.10 Å². The lowest BCUT2D eigenvalue weighted by Crippen LogP contribution is -2.40. The maximum absolute atomic E-state index is 4.33. The first-order chi connectivity index (χ1) is 12.6. The van der Waals surface area contributed by atoms with Gasteiger partial charge in [0.05, 0.1) is 6.20 Å². The van der Waals surface area contributed by atoms with Crippen LogP contribution in [0.2, 0.25) is 0 Å². The third-order valence-electron chi connectivity index (χ3n) is 4.47. The molecule has 26 heavy (non-hydrogen) atoms. The molecule has 0 bridgehead atoms. The summed E-state index contributed by atoms with van der Waals surface area (Å²) in [4.78, 5) is 4.33. The molecule has 2 rings (SSSR count). The largest absolute Gasteiger partial charge is 0.356 e. The summed E-state index contributed by atoms with van der Waals surface area (Å²) in [7, 11) is 3.78. The summed E-state index contributed by atoms with van der Waals surface area (Å²) in [5.74, 6) is 1.46. The number of rotatable bonds is 9. The van der Waals surface area contributed by atoms with Crippen LogP contribution in [0.3, 0.4) is 0 Å². The van der Waals surface area contributed by atoms with E-state index >= 15 is 0 Å². The van der Waals surface area contributed by atoms with Crippen molar-refractivity contribution in [2.24, 2.45) is 18.0 Å². The first kappa shape index (κ1) is 20.5. The van der Waals surface area contributed by atoms with Gasteiger partial charge in [0, 0.05) is 37.9 Å². The van der Waals surface area contributed by atoms with E-state index < -0.39 is 0 Å². The predicted molar refractivity (Wildman–Crippen MR) is 113 cm³/mol. The van der Waals surface area contributed by atoms with Crippen molar-refractivity contribution >= 4 is 21.9 Å². The maximum Gasteiger partial charge on any atom is 0.190 e. The van der Waals surface area contributed by atoms with Crippen LogP contribution in [0.4, 0.5) is 0 Å². The summed E-state index contributed by atoms with van der Waals surface area (Å²) >= 11 is 3.55. The quantitative estimate of drug-likeness (QED) is 0.371. The number of benzene rings is 1. The van der Waals surface area contributed by atoms with Crippen molar-refractivity contribution in [3.8, 4) is 0 Å². The van der Waals surface area contributed by atoms with Crippen LogP contribution in [0, 0.1) is 5.92 Å². The first-order valence-electron chi connectivity index (χ1n) is 9.27. The lowest BCUT2D eigenvalue weighted by atomic mass is 9.97. The van der Waals surface area contributed by atoms with Gasteiger partial charge in [0.1, 0.15) is 0 Å². The van der Waals surface area contributed by atoms with Gasteiger partial charge in [-0.1, -0.05) is 41.4 Å². The molecule has 1 atom stereocenters. The second kappa shape index (κ2) is 11.0. The third-order valence-corrected chi connectivity index (χ3v) is 4.96. The molecular formula is C20H30BrN5. The topological polar surface area (TPSA) is 54.2 Å². The van der Waals surface area contributed by atoms with E-state index in [1.54, 1.807) is 0 Å². The molecule has 0 amide bonds. The molecule has 5 nitrogen and oxygen atoms in total. The lowest BCUT2D eigenvalue weighted by molar-refractivity contribution is 0.493. The Bertz CT molecular complexity index is 695. The molecule has 0 radical (unpaired) electrons. The zero-order chi connectivity index (χ0) is 18.8. The van der Waals surface area contributed by atoms with Crippen molar-refractivity contribution in [2.45, 2.75) is 32.6 Å². The third kappa shape index (κ3) is 7.20. The molecule has 0 aliphatic carbocycles. The van der Waals surface area contributed by atoms with Gasteiger partial charge in [-0.3, -0.25) is 9.67 Å². The molecule has 0 fully saturated rings. The van der Waals surface area contributed by atoms with E-state index in [4.69, 9.17) is 0 Å². The van der Waals surface area contributed by atoms with E-state index in [2.05, 4.69) is 74.0 Å². The second-order valence-corrected chi connectivity index (χ2v) is 7.53. The lowest BCUT2D eigenvalue weighted by Gasteiger charge is -2.18. The van der Waals surface area contributed by atoms with Gasteiger partial charge in [0.2, 0.25) is 0 Å². The summed E-state index contributed by atoms with van der Waals surface area (Å²) in [5.41, 5.74) is 2.64. The highest BCUT2D eigenvalue weighted by molar-refractivity contribution is 9.10. The van der Waals surface area contributed by atoms with E-state index in [0.29, 0.717) is 5.92 Å². The number of guanidine groups is 1. The van der Waals surface area contributed by atoms with Crippen LogP contribution < -0.4 is 10.6 Å². The summed E-state index contributed by atoms with van der Waals surface area (Å²) in [6, 6.07) is 8.56. The molecule has 0 spiro atoms. The second-order valence-electron chi connectivity index (χ2n) is 6.61. The minimum atomic E-state index is 0.582. The van der Waals surface area contributed by atoms with Crippen molar-refractivity contribution < 1.29 is 0 Å². The van der Waals surface area contributed by atoms with Crippen LogP contribution >= 0.6 is 15.9 Å². The average molecular weight is 420 g/mol. The number of aromatic nitrogens is 2. The van der Waals surface area contributed by atoms with Crippen molar-refractivity contribution in [1.29, 1.82) is 0 Å². The van der Waals surface area contributed by atoms with Gasteiger partial charge in [-0.25, -0.2) is 0 Å². The van der Waals surface area contributed by atoms with Crippen molar-refractivity contribution in [3.05, 3.63) is 52.3 Å². The van der Waals surface area contributed by atoms with Gasteiger partial charge in [0.25, 0.3) is 0 Å². The van der Waals surface area contributed by atoms with Gasteiger partial charge < -0.3 is 10.6 Å². The van der Waals surface area contributed by atoms with Crippen LogP contribution in [-0.2, 0) is 19.9 Å². The van der Waals surface area contributed by atoms with Gasteiger partial charge in [-0.15, -0.1) is 0 Å². The summed E-state index contributed by atoms with van der Waals surface area (Å²) < 4.78 is 2.99. The smallest absolute Gasteiger partial charge is 0.190 e. The Morgan fingerprint density at radius 2 is 2.15 bits per heavy atom. The van der Waals surface area contributed by atoms with Gasteiger partial charge >= 0.3 is 0 Å². The fourth-order valence-corrected chi connectivity index (χ4v) is 3.37. The molecule has 142 valence electrons. The van der Waals surface area contributed by atoms with E-state index in [9.17, 15) is 0 Å². The summed E-state index contributed by atoms with van der Waals surface area (Å²) in [5, 5.41) is 11.1. The number of nitrogens with one attached hydrogen (secondary N) is 2. The maximum atomic E-state index is 4.33. The minimum absolute atomic E-state index is 0.582. The zero-order valence-electron chi connectivity index (χ0n) is 16.0. The number of nitrogens with zero attached hydrogens (tertiary/aromatic N) is 3. The van der Waals surface area contributed by atoms with E-state index in [-0.39, 0.29) is 0 Å². The highest BCUT2D eigenvalue weighted by Crippen LogP contribution is 2.16. The fraction of sp³-hybridized carbons (Fsp3) is 0.500. The number of aryl methyl sites for hydroxylation is 2. The monoisotopic (exact) mass is 419 g/mol. The Balaban J connectivity index is 1.70. The molecule has 1 unspecified atom stereocenters. The Kier molecular flexibility index (Phi) is 8.68. The normalized spacial score (nSPS) is 12.8. The SMILES string of the molecule is CCC(CNC(=NC)NCCCc1cnn(C)c1)Cc1cccc(Br)c1. The molecule has 1 aromatic heterocycles. The van der Waals surface area contributed by atoms with E-state index in [1.807, 2.05) is 25.0 Å². The number of aliphatic imine (C=N–C) groups is 1. The molecule has 6 heteroatoms. The Morgan fingerprint density at radius 1 is 1.31 bits per heavy atom. The number of hydrogen-bond acceptors (Lipinski definition) is 2. The fourth-order valence-electron chi connectivity index (χ4n) is 2.92. The number of hydrogen-bond donors (Lipinski definition) is 2. The number of halogens is 1. The molecule has 0 aliphatic heterocycles. The van der Waals surface area contributed by atoms with Crippen molar-refractivity contribution in [3.63, 3.8) is 0 Å². The molecule has 0 saturated heterocycles. The van der Waals surface area contributed by atoms with Gasteiger partial charge in [0.15, 0.2) is 5.96 Å². The first-order valence-corrected chi connectivity index (χ1v) is 10.1. The van der Waals surface area contributed by atoms with Crippen LogP contribution in [0.1, 0.15) is 30.9 Å². The van der Waals surface area contributed by atoms with Crippen molar-refractivity contribution in [2.75, 3.05) is 20.1 Å². The van der Waals surface area contributed by atoms with Gasteiger partial charge in [-0.05, 0) is 48.4 Å². The summed E-state index contributed by atoms with van der Waals surface area (Å²) in [6.07, 6.45) is 8.29. The highest BCUT2D eigenvalue weighted by atomic mass is 79.9. The summed E-state index contributed by atoms with van der Waals surface area (Å²) in [6.45, 7) is 4.07.